The number of carbonyl (C=O) groups excluding carboxylic acids is 2. The number of benzene rings is 2. The number of nitrogens with zero attached hydrogens (tertiary/aromatic N) is 2. The maximum absolute atomic E-state index is 12.6. The predicted molar refractivity (Wildman–Crippen MR) is 124 cm³/mol. The first kappa shape index (κ1) is 25.3. The van der Waals surface area contributed by atoms with Crippen molar-refractivity contribution in [2.24, 2.45) is 0 Å². The van der Waals surface area contributed by atoms with Crippen LogP contribution in [0.15, 0.2) is 36.4 Å². The van der Waals surface area contributed by atoms with Crippen LogP contribution in [0.3, 0.4) is 0 Å². The van der Waals surface area contributed by atoms with Gasteiger partial charge >= 0.3 is 0 Å². The first-order valence-electron chi connectivity index (χ1n) is 10.1. The number of rotatable bonds is 11. The lowest BCUT2D eigenvalue weighted by molar-refractivity contribution is -0.134. The fraction of sp³-hybridized carbons (Fsp3) is 0.348. The number of nitrogens with one attached hydrogen (secondary N) is 1. The highest BCUT2D eigenvalue weighted by Crippen LogP contribution is 2.28. The molecule has 0 aliphatic rings. The molecule has 0 unspecified atom stereocenters. The van der Waals surface area contributed by atoms with Crippen molar-refractivity contribution >= 4 is 40.7 Å². The van der Waals surface area contributed by atoms with Crippen molar-refractivity contribution in [2.75, 3.05) is 32.1 Å². The summed E-state index contributed by atoms with van der Waals surface area (Å²) in [5.74, 6) is 0.485. The molecule has 1 N–H and O–H groups in total. The first-order valence-corrected chi connectivity index (χ1v) is 10.9. The summed E-state index contributed by atoms with van der Waals surface area (Å²) in [5, 5.41) is 12.5. The van der Waals surface area contributed by atoms with E-state index >= 15 is 0 Å². The largest absolute Gasteiger partial charge is 0.493 e. The Labute approximate surface area is 197 Å². The second kappa shape index (κ2) is 12.8. The highest BCUT2D eigenvalue weighted by Gasteiger charge is 2.17. The Morgan fingerprint density at radius 2 is 1.94 bits per heavy atom. The second-order valence-corrected chi connectivity index (χ2v) is 7.76. The molecule has 7 nitrogen and oxygen atoms in total. The molecule has 0 bridgehead atoms. The number of halogens is 2. The number of nitriles is 1. The van der Waals surface area contributed by atoms with Gasteiger partial charge in [0.05, 0.1) is 42.6 Å². The Balaban J connectivity index is 1.86. The van der Waals surface area contributed by atoms with Gasteiger partial charge < -0.3 is 19.7 Å². The van der Waals surface area contributed by atoms with E-state index in [-0.39, 0.29) is 24.8 Å². The van der Waals surface area contributed by atoms with Crippen molar-refractivity contribution in [3.8, 4) is 17.6 Å². The fourth-order valence-electron chi connectivity index (χ4n) is 2.94. The van der Waals surface area contributed by atoms with E-state index in [1.165, 1.54) is 18.1 Å². The molecule has 0 aliphatic carbocycles. The van der Waals surface area contributed by atoms with Crippen LogP contribution in [-0.4, -0.2) is 43.5 Å². The topological polar surface area (TPSA) is 91.7 Å². The molecular weight excluding hydrogens is 453 g/mol. The van der Waals surface area contributed by atoms with E-state index in [9.17, 15) is 9.59 Å². The van der Waals surface area contributed by atoms with Crippen LogP contribution in [0, 0.1) is 11.3 Å². The number of methoxy groups -OCH3 is 1. The van der Waals surface area contributed by atoms with Gasteiger partial charge in [0.2, 0.25) is 11.8 Å². The maximum Gasteiger partial charge on any atom is 0.244 e. The van der Waals surface area contributed by atoms with Crippen molar-refractivity contribution < 1.29 is 19.1 Å². The summed E-state index contributed by atoms with van der Waals surface area (Å²) in [6.45, 7) is 2.62. The molecule has 2 rings (SSSR count). The van der Waals surface area contributed by atoms with Crippen LogP contribution in [0.2, 0.25) is 10.0 Å². The van der Waals surface area contributed by atoms with E-state index in [0.717, 1.165) is 6.42 Å². The van der Waals surface area contributed by atoms with Gasteiger partial charge in [-0.15, -0.1) is 0 Å². The lowest BCUT2D eigenvalue weighted by Crippen LogP contribution is -2.38. The summed E-state index contributed by atoms with van der Waals surface area (Å²) in [6.07, 6.45) is 1.42. The minimum atomic E-state index is -0.338. The maximum atomic E-state index is 12.6. The van der Waals surface area contributed by atoms with Crippen molar-refractivity contribution in [3.05, 3.63) is 52.0 Å². The van der Waals surface area contributed by atoms with Crippen molar-refractivity contribution in [2.45, 2.75) is 26.2 Å². The monoisotopic (exact) mass is 477 g/mol. The molecule has 0 heterocycles. The van der Waals surface area contributed by atoms with E-state index in [2.05, 4.69) is 5.32 Å². The van der Waals surface area contributed by atoms with E-state index < -0.39 is 0 Å². The molecule has 0 atom stereocenters. The third-order valence-corrected chi connectivity index (χ3v) is 5.02. The molecule has 0 fully saturated rings. The van der Waals surface area contributed by atoms with E-state index in [1.807, 2.05) is 13.0 Å². The summed E-state index contributed by atoms with van der Waals surface area (Å²) < 4.78 is 10.9. The zero-order valence-electron chi connectivity index (χ0n) is 18.0. The highest BCUT2D eigenvalue weighted by molar-refractivity contribution is 6.36. The Kier molecular flexibility index (Phi) is 10.1. The average molecular weight is 478 g/mol. The number of carbonyl (C=O) groups is 2. The molecule has 170 valence electrons. The van der Waals surface area contributed by atoms with Gasteiger partial charge in [-0.25, -0.2) is 0 Å². The smallest absolute Gasteiger partial charge is 0.244 e. The molecule has 2 aromatic rings. The fourth-order valence-corrected chi connectivity index (χ4v) is 3.39. The van der Waals surface area contributed by atoms with Crippen molar-refractivity contribution in [3.63, 3.8) is 0 Å². The van der Waals surface area contributed by atoms with E-state index in [1.54, 1.807) is 30.3 Å². The minimum absolute atomic E-state index is 0.0735. The lowest BCUT2D eigenvalue weighted by Gasteiger charge is -2.22. The number of hydrogen-bond donors (Lipinski definition) is 1. The quantitative estimate of drug-likeness (QED) is 0.464. The van der Waals surface area contributed by atoms with Gasteiger partial charge in [-0.3, -0.25) is 9.59 Å². The van der Waals surface area contributed by atoms with Crippen LogP contribution in [0.25, 0.3) is 0 Å². The minimum Gasteiger partial charge on any atom is -0.493 e. The second-order valence-electron chi connectivity index (χ2n) is 6.92. The summed E-state index contributed by atoms with van der Waals surface area (Å²) >= 11 is 12.0. The Bertz CT molecular complexity index is 992. The molecule has 0 saturated heterocycles. The van der Waals surface area contributed by atoms with Gasteiger partial charge in [-0.1, -0.05) is 30.1 Å². The van der Waals surface area contributed by atoms with Crippen LogP contribution in [0.5, 0.6) is 11.5 Å². The molecule has 0 aliphatic heterocycles. The van der Waals surface area contributed by atoms with Gasteiger partial charge in [0.25, 0.3) is 0 Å². The number of anilines is 1. The Morgan fingerprint density at radius 3 is 2.59 bits per heavy atom. The zero-order valence-corrected chi connectivity index (χ0v) is 19.5. The number of hydrogen-bond acceptors (Lipinski definition) is 5. The molecular formula is C23H25Cl2N3O4. The summed E-state index contributed by atoms with van der Waals surface area (Å²) in [5.41, 5.74) is 0.910. The highest BCUT2D eigenvalue weighted by atomic mass is 35.5. The average Bonchev–Trinajstić information content (AvgIpc) is 2.78. The Hall–Kier alpha value is -2.95. The van der Waals surface area contributed by atoms with Crippen molar-refractivity contribution in [1.29, 1.82) is 5.26 Å². The van der Waals surface area contributed by atoms with Crippen LogP contribution < -0.4 is 14.8 Å². The van der Waals surface area contributed by atoms with Crippen molar-refractivity contribution in [1.82, 2.24) is 4.90 Å². The van der Waals surface area contributed by atoms with Gasteiger partial charge in [-0.2, -0.15) is 5.26 Å². The van der Waals surface area contributed by atoms with Crippen LogP contribution in [-0.2, 0) is 9.59 Å². The molecule has 32 heavy (non-hydrogen) atoms. The summed E-state index contributed by atoms with van der Waals surface area (Å²) in [7, 11) is 1.50. The molecule has 0 spiro atoms. The van der Waals surface area contributed by atoms with Gasteiger partial charge in [-0.05, 0) is 43.2 Å². The number of ether oxygens (including phenoxy) is 2. The molecule has 9 heteroatoms. The summed E-state index contributed by atoms with van der Waals surface area (Å²) in [6, 6.07) is 11.7. The van der Waals surface area contributed by atoms with E-state index in [4.69, 9.17) is 37.9 Å². The third kappa shape index (κ3) is 7.63. The molecule has 2 aromatic carbocycles. The van der Waals surface area contributed by atoms with Gasteiger partial charge in [0.15, 0.2) is 11.5 Å². The lowest BCUT2D eigenvalue weighted by atomic mass is 10.2. The molecule has 2 amide bonds. The standard InChI is InChI=1S/C23H25Cl2N3O4/c1-3-10-28(15-22(29)27-19-8-7-17(24)13-18(19)25)23(30)5-4-11-32-20-9-6-16(14-26)12-21(20)31-2/h6-9,12-13H,3-5,10-11,15H2,1-2H3,(H,27,29). The van der Waals surface area contributed by atoms with Gasteiger partial charge in [0, 0.05) is 24.1 Å². The van der Waals surface area contributed by atoms with Crippen LogP contribution in [0.1, 0.15) is 31.7 Å². The summed E-state index contributed by atoms with van der Waals surface area (Å²) in [4.78, 5) is 26.6. The Morgan fingerprint density at radius 1 is 1.16 bits per heavy atom. The third-order valence-electron chi connectivity index (χ3n) is 4.47. The molecule has 0 radical (unpaired) electrons. The SMILES string of the molecule is CCCN(CC(=O)Nc1ccc(Cl)cc1Cl)C(=O)CCCOc1ccc(C#N)cc1OC. The predicted octanol–water partition coefficient (Wildman–Crippen LogP) is 4.91. The first-order chi connectivity index (χ1) is 15.4. The van der Waals surface area contributed by atoms with Gasteiger partial charge in [0.1, 0.15) is 0 Å². The van der Waals surface area contributed by atoms with Crippen LogP contribution in [0.4, 0.5) is 5.69 Å². The van der Waals surface area contributed by atoms with E-state index in [0.29, 0.717) is 52.4 Å². The normalized spacial score (nSPS) is 10.2. The van der Waals surface area contributed by atoms with Crippen LogP contribution >= 0.6 is 23.2 Å². The molecule has 0 aromatic heterocycles. The zero-order chi connectivity index (χ0) is 23.5. The number of amides is 2. The molecule has 0 saturated carbocycles.